The van der Waals surface area contributed by atoms with Crippen molar-refractivity contribution in [1.82, 2.24) is 4.98 Å². The van der Waals surface area contributed by atoms with E-state index in [1.165, 1.54) is 0 Å². The van der Waals surface area contributed by atoms with Crippen LogP contribution in [0.5, 0.6) is 0 Å². The normalized spacial score (nSPS) is 20.1. The van der Waals surface area contributed by atoms with Gasteiger partial charge in [0.1, 0.15) is 5.82 Å². The highest BCUT2D eigenvalue weighted by atomic mass is 35.5. The van der Waals surface area contributed by atoms with E-state index in [2.05, 4.69) is 4.98 Å². The minimum atomic E-state index is -4.42. The molecule has 19 heavy (non-hydrogen) atoms. The van der Waals surface area contributed by atoms with E-state index < -0.39 is 11.7 Å². The van der Waals surface area contributed by atoms with Crippen molar-refractivity contribution in [3.8, 4) is 0 Å². The van der Waals surface area contributed by atoms with Gasteiger partial charge in [0.2, 0.25) is 0 Å². The van der Waals surface area contributed by atoms with Crippen LogP contribution < -0.4 is 10.6 Å². The largest absolute Gasteiger partial charge is 0.417 e. The van der Waals surface area contributed by atoms with Crippen LogP contribution in [-0.2, 0) is 6.18 Å². The predicted octanol–water partition coefficient (Wildman–Crippen LogP) is 3.10. The predicted molar refractivity (Wildman–Crippen MR) is 70.9 cm³/mol. The number of hydrogen-bond donors (Lipinski definition) is 1. The smallest absolute Gasteiger partial charge is 0.354 e. The number of anilines is 1. The minimum Gasteiger partial charge on any atom is -0.354 e. The molecule has 2 N–H and O–H groups in total. The number of rotatable bonds is 1. The van der Waals surface area contributed by atoms with Crippen molar-refractivity contribution >= 4 is 29.8 Å². The van der Waals surface area contributed by atoms with Gasteiger partial charge in [0.15, 0.2) is 0 Å². The number of aromatic nitrogens is 1. The lowest BCUT2D eigenvalue weighted by atomic mass is 10.1. The first kappa shape index (κ1) is 16.3. The first-order chi connectivity index (χ1) is 8.38. The Morgan fingerprint density at radius 2 is 2.11 bits per heavy atom. The van der Waals surface area contributed by atoms with Crippen LogP contribution in [0.25, 0.3) is 0 Å². The summed E-state index contributed by atoms with van der Waals surface area (Å²) in [6.07, 6.45) is -1.82. The molecule has 1 fully saturated rings. The Hall–Kier alpha value is -0.720. The van der Waals surface area contributed by atoms with Gasteiger partial charge in [-0.2, -0.15) is 13.2 Å². The molecular weight excluding hydrogens is 302 g/mol. The highest BCUT2D eigenvalue weighted by Crippen LogP contribution is 2.34. The molecule has 1 aliphatic heterocycles. The summed E-state index contributed by atoms with van der Waals surface area (Å²) in [5, 5.41) is 0.0129. The van der Waals surface area contributed by atoms with Gasteiger partial charge in [0, 0.05) is 25.3 Å². The van der Waals surface area contributed by atoms with Gasteiger partial charge < -0.3 is 10.6 Å². The summed E-state index contributed by atoms with van der Waals surface area (Å²) < 4.78 is 37.4. The zero-order valence-corrected chi connectivity index (χ0v) is 11.5. The van der Waals surface area contributed by atoms with Crippen molar-refractivity contribution in [2.24, 2.45) is 5.73 Å². The fourth-order valence-corrected chi connectivity index (χ4v) is 2.31. The van der Waals surface area contributed by atoms with Gasteiger partial charge >= 0.3 is 6.18 Å². The summed E-state index contributed by atoms with van der Waals surface area (Å²) >= 11 is 5.87. The van der Waals surface area contributed by atoms with Crippen LogP contribution in [0.1, 0.15) is 18.4 Å². The molecule has 0 bridgehead atoms. The van der Waals surface area contributed by atoms with Crippen molar-refractivity contribution in [2.45, 2.75) is 25.1 Å². The molecule has 8 heteroatoms. The number of nitrogens with two attached hydrogens (primary N) is 1. The molecule has 0 unspecified atom stereocenters. The summed E-state index contributed by atoms with van der Waals surface area (Å²) in [5.74, 6) is 0.375. The zero-order chi connectivity index (χ0) is 13.3. The molecule has 108 valence electrons. The second-order valence-electron chi connectivity index (χ2n) is 4.38. The molecule has 1 aliphatic rings. The SMILES string of the molecule is Cl.N[C@@H]1CCCN(c2ncc(C(F)(F)F)cc2Cl)C1. The summed E-state index contributed by atoms with van der Waals surface area (Å²) in [7, 11) is 0. The molecular formula is C11H14Cl2F3N3. The summed E-state index contributed by atoms with van der Waals surface area (Å²) in [6, 6.07) is 0.920. The first-order valence-corrected chi connectivity index (χ1v) is 5.99. The minimum absolute atomic E-state index is 0. The molecule has 1 atom stereocenters. The van der Waals surface area contributed by atoms with Crippen LogP contribution in [0.15, 0.2) is 12.3 Å². The van der Waals surface area contributed by atoms with Gasteiger partial charge in [0.25, 0.3) is 0 Å². The van der Waals surface area contributed by atoms with Gasteiger partial charge in [-0.3, -0.25) is 0 Å². The maximum Gasteiger partial charge on any atom is 0.417 e. The standard InChI is InChI=1S/C11H13ClF3N3.ClH/c12-9-4-7(11(13,14)15)5-17-10(9)18-3-1-2-8(16)6-18;/h4-5,8H,1-3,6,16H2;1H/t8-;/m1./s1. The van der Waals surface area contributed by atoms with E-state index in [0.29, 0.717) is 18.9 Å². The highest BCUT2D eigenvalue weighted by molar-refractivity contribution is 6.33. The molecule has 0 amide bonds. The third-order valence-corrected chi connectivity index (χ3v) is 3.18. The number of pyridine rings is 1. The Labute approximate surface area is 120 Å². The Bertz CT molecular complexity index is 440. The second-order valence-corrected chi connectivity index (χ2v) is 4.78. The Morgan fingerprint density at radius 3 is 2.63 bits per heavy atom. The second kappa shape index (κ2) is 6.15. The van der Waals surface area contributed by atoms with E-state index in [1.54, 1.807) is 0 Å². The lowest BCUT2D eigenvalue weighted by Crippen LogP contribution is -2.43. The molecule has 1 saturated heterocycles. The maximum atomic E-state index is 12.5. The highest BCUT2D eigenvalue weighted by Gasteiger charge is 2.32. The molecule has 0 radical (unpaired) electrons. The van der Waals surface area contributed by atoms with E-state index in [0.717, 1.165) is 25.1 Å². The first-order valence-electron chi connectivity index (χ1n) is 5.61. The summed E-state index contributed by atoms with van der Waals surface area (Å²) in [5.41, 5.74) is 4.98. The van der Waals surface area contributed by atoms with Crippen molar-refractivity contribution in [1.29, 1.82) is 0 Å². The summed E-state index contributed by atoms with van der Waals surface area (Å²) in [6.45, 7) is 1.28. The zero-order valence-electron chi connectivity index (χ0n) is 9.95. The van der Waals surface area contributed by atoms with Gasteiger partial charge in [-0.05, 0) is 18.9 Å². The van der Waals surface area contributed by atoms with E-state index >= 15 is 0 Å². The van der Waals surface area contributed by atoms with Gasteiger partial charge in [-0.15, -0.1) is 12.4 Å². The Balaban J connectivity index is 0.00000180. The molecule has 0 spiro atoms. The Morgan fingerprint density at radius 1 is 1.42 bits per heavy atom. The fourth-order valence-electron chi connectivity index (χ4n) is 2.02. The average Bonchev–Trinajstić information content (AvgIpc) is 2.27. The lowest BCUT2D eigenvalue weighted by molar-refractivity contribution is -0.137. The Kier molecular flexibility index (Phi) is 5.29. The van der Waals surface area contributed by atoms with Gasteiger partial charge in [-0.25, -0.2) is 4.98 Å². The lowest BCUT2D eigenvalue weighted by Gasteiger charge is -2.32. The molecule has 1 aromatic rings. The van der Waals surface area contributed by atoms with Gasteiger partial charge in [0.05, 0.1) is 10.6 Å². The molecule has 2 rings (SSSR count). The van der Waals surface area contributed by atoms with Crippen molar-refractivity contribution in [3.63, 3.8) is 0 Å². The van der Waals surface area contributed by atoms with Crippen molar-refractivity contribution < 1.29 is 13.2 Å². The molecule has 0 aromatic carbocycles. The quantitative estimate of drug-likeness (QED) is 0.866. The average molecular weight is 316 g/mol. The number of halogens is 5. The molecule has 1 aromatic heterocycles. The van der Waals surface area contributed by atoms with Crippen molar-refractivity contribution in [3.05, 3.63) is 22.8 Å². The molecule has 0 aliphatic carbocycles. The number of nitrogens with zero attached hydrogens (tertiary/aromatic N) is 2. The maximum absolute atomic E-state index is 12.5. The van der Waals surface area contributed by atoms with Crippen LogP contribution in [-0.4, -0.2) is 24.1 Å². The number of piperidine rings is 1. The van der Waals surface area contributed by atoms with Crippen LogP contribution >= 0.6 is 24.0 Å². The van der Waals surface area contributed by atoms with E-state index in [-0.39, 0.29) is 23.5 Å². The molecule has 3 nitrogen and oxygen atoms in total. The monoisotopic (exact) mass is 315 g/mol. The van der Waals surface area contributed by atoms with Crippen LogP contribution in [0.2, 0.25) is 5.02 Å². The van der Waals surface area contributed by atoms with Crippen molar-refractivity contribution in [2.75, 3.05) is 18.0 Å². The van der Waals surface area contributed by atoms with Crippen LogP contribution in [0.3, 0.4) is 0 Å². The van der Waals surface area contributed by atoms with E-state index in [4.69, 9.17) is 17.3 Å². The molecule has 2 heterocycles. The van der Waals surface area contributed by atoms with E-state index in [9.17, 15) is 13.2 Å². The third kappa shape index (κ3) is 3.87. The van der Waals surface area contributed by atoms with Gasteiger partial charge in [-0.1, -0.05) is 11.6 Å². The van der Waals surface area contributed by atoms with Crippen LogP contribution in [0.4, 0.5) is 19.0 Å². The third-order valence-electron chi connectivity index (χ3n) is 2.91. The van der Waals surface area contributed by atoms with Crippen LogP contribution in [0, 0.1) is 0 Å². The fraction of sp³-hybridized carbons (Fsp3) is 0.545. The topological polar surface area (TPSA) is 42.1 Å². The summed E-state index contributed by atoms with van der Waals surface area (Å²) in [4.78, 5) is 5.65. The number of hydrogen-bond acceptors (Lipinski definition) is 3. The molecule has 0 saturated carbocycles. The number of alkyl halides is 3. The van der Waals surface area contributed by atoms with E-state index in [1.807, 2.05) is 4.90 Å².